The van der Waals surface area contributed by atoms with Crippen LogP contribution in [-0.2, 0) is 9.53 Å². The molecule has 21 heavy (non-hydrogen) atoms. The molecule has 1 aliphatic rings. The second-order valence-corrected chi connectivity index (χ2v) is 5.51. The topological polar surface area (TPSA) is 67.6 Å². The van der Waals surface area contributed by atoms with Gasteiger partial charge in [-0.1, -0.05) is 13.0 Å². The van der Waals surface area contributed by atoms with Gasteiger partial charge in [-0.15, -0.1) is 0 Å². The second kappa shape index (κ2) is 7.43. The van der Waals surface area contributed by atoms with Gasteiger partial charge in [-0.3, -0.25) is 9.69 Å². The normalized spacial score (nSPS) is 19.7. The Bertz CT molecular complexity index is 472. The molecule has 1 aromatic rings. The highest BCUT2D eigenvalue weighted by atomic mass is 16.5. The lowest BCUT2D eigenvalue weighted by Crippen LogP contribution is -2.45. The highest BCUT2D eigenvalue weighted by Crippen LogP contribution is 2.16. The van der Waals surface area contributed by atoms with Crippen molar-refractivity contribution in [3.8, 4) is 0 Å². The summed E-state index contributed by atoms with van der Waals surface area (Å²) < 4.78 is 5.66. The third kappa shape index (κ3) is 4.44. The predicted molar refractivity (Wildman–Crippen MR) is 85.2 cm³/mol. The molecule has 0 aromatic heterocycles. The van der Waals surface area contributed by atoms with Crippen LogP contribution in [0.5, 0.6) is 0 Å². The number of amides is 1. The number of carbonyl (C=O) groups excluding carboxylic acids is 1. The molecule has 1 aliphatic heterocycles. The zero-order valence-corrected chi connectivity index (χ0v) is 12.8. The zero-order chi connectivity index (χ0) is 15.2. The first kappa shape index (κ1) is 15.8. The molecule has 0 spiro atoms. The van der Waals surface area contributed by atoms with Crippen molar-refractivity contribution < 1.29 is 9.53 Å². The number of nitrogens with zero attached hydrogens (tertiary/aromatic N) is 1. The number of nitrogen functional groups attached to an aromatic ring is 1. The minimum absolute atomic E-state index is 0.0135. The quantitative estimate of drug-likeness (QED) is 0.788. The van der Waals surface area contributed by atoms with Gasteiger partial charge in [-0.05, 0) is 44.5 Å². The van der Waals surface area contributed by atoms with E-state index in [1.165, 1.54) is 0 Å². The Hall–Kier alpha value is -1.59. The highest BCUT2D eigenvalue weighted by molar-refractivity contribution is 5.94. The Kier molecular flexibility index (Phi) is 5.59. The lowest BCUT2D eigenvalue weighted by atomic mass is 10.2. The van der Waals surface area contributed by atoms with Gasteiger partial charge in [0.25, 0.3) is 0 Å². The van der Waals surface area contributed by atoms with Gasteiger partial charge in [0.2, 0.25) is 5.91 Å². The van der Waals surface area contributed by atoms with Gasteiger partial charge < -0.3 is 15.8 Å². The van der Waals surface area contributed by atoms with Crippen LogP contribution in [0.2, 0.25) is 0 Å². The monoisotopic (exact) mass is 291 g/mol. The molecule has 2 atom stereocenters. The fourth-order valence-corrected chi connectivity index (χ4v) is 2.64. The SMILES string of the molecule is CCN(CC1CCCO1)C(C)C(=O)Nc1cccc(N)c1. The molecule has 0 aliphatic carbocycles. The van der Waals surface area contributed by atoms with Crippen LogP contribution in [0.3, 0.4) is 0 Å². The average Bonchev–Trinajstić information content (AvgIpc) is 2.97. The van der Waals surface area contributed by atoms with Gasteiger partial charge in [0, 0.05) is 24.5 Å². The molecule has 3 N–H and O–H groups in total. The minimum Gasteiger partial charge on any atom is -0.399 e. The van der Waals surface area contributed by atoms with E-state index in [4.69, 9.17) is 10.5 Å². The third-order valence-electron chi connectivity index (χ3n) is 3.95. The fourth-order valence-electron chi connectivity index (χ4n) is 2.64. The Morgan fingerprint density at radius 3 is 3.00 bits per heavy atom. The number of nitrogens with one attached hydrogen (secondary N) is 1. The standard InChI is InChI=1S/C16H25N3O2/c1-3-19(11-15-8-5-9-21-15)12(2)16(20)18-14-7-4-6-13(17)10-14/h4,6-7,10,12,15H,3,5,8-9,11,17H2,1-2H3,(H,18,20). The first-order chi connectivity index (χ1) is 10.1. The van der Waals surface area contributed by atoms with Crippen molar-refractivity contribution in [1.82, 2.24) is 4.90 Å². The van der Waals surface area contributed by atoms with E-state index in [-0.39, 0.29) is 18.1 Å². The third-order valence-corrected chi connectivity index (χ3v) is 3.95. The summed E-state index contributed by atoms with van der Waals surface area (Å²) in [6.07, 6.45) is 2.46. The predicted octanol–water partition coefficient (Wildman–Crippen LogP) is 2.10. The number of hydrogen-bond donors (Lipinski definition) is 2. The number of rotatable bonds is 6. The lowest BCUT2D eigenvalue weighted by Gasteiger charge is -2.29. The van der Waals surface area contributed by atoms with Crippen molar-refractivity contribution in [3.63, 3.8) is 0 Å². The summed E-state index contributed by atoms with van der Waals surface area (Å²) in [7, 11) is 0. The molecular weight excluding hydrogens is 266 g/mol. The first-order valence-corrected chi connectivity index (χ1v) is 7.62. The van der Waals surface area contributed by atoms with E-state index in [0.29, 0.717) is 5.69 Å². The summed E-state index contributed by atoms with van der Waals surface area (Å²) >= 11 is 0. The largest absolute Gasteiger partial charge is 0.399 e. The molecule has 2 unspecified atom stereocenters. The molecule has 0 saturated carbocycles. The van der Waals surface area contributed by atoms with Crippen molar-refractivity contribution in [1.29, 1.82) is 0 Å². The van der Waals surface area contributed by atoms with Gasteiger partial charge in [0.15, 0.2) is 0 Å². The molecule has 0 radical (unpaired) electrons. The summed E-state index contributed by atoms with van der Waals surface area (Å²) in [5, 5.41) is 2.92. The maximum atomic E-state index is 12.4. The molecule has 0 bridgehead atoms. The van der Waals surface area contributed by atoms with E-state index >= 15 is 0 Å². The lowest BCUT2D eigenvalue weighted by molar-refractivity contribution is -0.121. The van der Waals surface area contributed by atoms with Crippen LogP contribution in [0, 0.1) is 0 Å². The van der Waals surface area contributed by atoms with Crippen LogP contribution in [0.1, 0.15) is 26.7 Å². The van der Waals surface area contributed by atoms with Crippen LogP contribution < -0.4 is 11.1 Å². The number of anilines is 2. The number of carbonyl (C=O) groups is 1. The zero-order valence-electron chi connectivity index (χ0n) is 12.8. The van der Waals surface area contributed by atoms with Crippen molar-refractivity contribution in [3.05, 3.63) is 24.3 Å². The van der Waals surface area contributed by atoms with E-state index in [9.17, 15) is 4.79 Å². The summed E-state index contributed by atoms with van der Waals surface area (Å²) in [6.45, 7) is 6.47. The number of hydrogen-bond acceptors (Lipinski definition) is 4. The Labute approximate surface area is 126 Å². The molecule has 116 valence electrons. The van der Waals surface area contributed by atoms with Crippen LogP contribution in [0.15, 0.2) is 24.3 Å². The van der Waals surface area contributed by atoms with Gasteiger partial charge in [-0.2, -0.15) is 0 Å². The van der Waals surface area contributed by atoms with Crippen molar-refractivity contribution in [2.24, 2.45) is 0 Å². The smallest absolute Gasteiger partial charge is 0.241 e. The summed E-state index contributed by atoms with van der Waals surface area (Å²) in [6, 6.07) is 7.05. The maximum Gasteiger partial charge on any atom is 0.241 e. The number of ether oxygens (including phenoxy) is 1. The van der Waals surface area contributed by atoms with E-state index in [0.717, 1.165) is 38.2 Å². The van der Waals surface area contributed by atoms with Crippen molar-refractivity contribution in [2.45, 2.75) is 38.8 Å². The summed E-state index contributed by atoms with van der Waals surface area (Å²) in [4.78, 5) is 14.5. The molecular formula is C16H25N3O2. The van der Waals surface area contributed by atoms with Gasteiger partial charge >= 0.3 is 0 Å². The van der Waals surface area contributed by atoms with Crippen LogP contribution in [0.25, 0.3) is 0 Å². The molecule has 1 amide bonds. The molecule has 5 heteroatoms. The average molecular weight is 291 g/mol. The van der Waals surface area contributed by atoms with E-state index in [2.05, 4.69) is 17.1 Å². The molecule has 5 nitrogen and oxygen atoms in total. The van der Waals surface area contributed by atoms with Crippen molar-refractivity contribution in [2.75, 3.05) is 30.7 Å². The Balaban J connectivity index is 1.92. The number of benzene rings is 1. The molecule has 1 saturated heterocycles. The van der Waals surface area contributed by atoms with Crippen LogP contribution in [-0.4, -0.2) is 42.6 Å². The highest BCUT2D eigenvalue weighted by Gasteiger charge is 2.25. The fraction of sp³-hybridized carbons (Fsp3) is 0.562. The maximum absolute atomic E-state index is 12.4. The van der Waals surface area contributed by atoms with Gasteiger partial charge in [0.1, 0.15) is 0 Å². The molecule has 2 rings (SSSR count). The van der Waals surface area contributed by atoms with Crippen LogP contribution >= 0.6 is 0 Å². The number of likely N-dealkylation sites (N-methyl/N-ethyl adjacent to an activating group) is 1. The molecule has 1 fully saturated rings. The van der Waals surface area contributed by atoms with Gasteiger partial charge in [-0.25, -0.2) is 0 Å². The van der Waals surface area contributed by atoms with E-state index in [1.54, 1.807) is 12.1 Å². The summed E-state index contributed by atoms with van der Waals surface area (Å²) in [5.74, 6) is -0.0135. The van der Waals surface area contributed by atoms with E-state index in [1.807, 2.05) is 19.1 Å². The summed E-state index contributed by atoms with van der Waals surface area (Å²) in [5.41, 5.74) is 7.11. The molecule has 1 aromatic carbocycles. The number of nitrogens with two attached hydrogens (primary N) is 1. The first-order valence-electron chi connectivity index (χ1n) is 7.62. The second-order valence-electron chi connectivity index (χ2n) is 5.51. The Morgan fingerprint density at radius 2 is 2.38 bits per heavy atom. The minimum atomic E-state index is -0.194. The Morgan fingerprint density at radius 1 is 1.57 bits per heavy atom. The van der Waals surface area contributed by atoms with Gasteiger partial charge in [0.05, 0.1) is 12.1 Å². The van der Waals surface area contributed by atoms with Crippen molar-refractivity contribution >= 4 is 17.3 Å². The molecule has 1 heterocycles. The van der Waals surface area contributed by atoms with Crippen LogP contribution in [0.4, 0.5) is 11.4 Å². The van der Waals surface area contributed by atoms with E-state index < -0.39 is 0 Å².